The molecule has 0 atom stereocenters. The molecule has 2 rings (SSSR count). The van der Waals surface area contributed by atoms with Gasteiger partial charge in [0.15, 0.2) is 6.61 Å². The average molecular weight is 315 g/mol. The van der Waals surface area contributed by atoms with Gasteiger partial charge in [0.1, 0.15) is 17.2 Å². The second kappa shape index (κ2) is 7.54. The van der Waals surface area contributed by atoms with E-state index >= 15 is 0 Å². The van der Waals surface area contributed by atoms with E-state index in [2.05, 4.69) is 5.32 Å². The third-order valence-electron chi connectivity index (χ3n) is 3.38. The van der Waals surface area contributed by atoms with Crippen LogP contribution in [0.1, 0.15) is 11.1 Å². The highest BCUT2D eigenvalue weighted by atomic mass is 16.5. The Hall–Kier alpha value is -2.69. The fourth-order valence-corrected chi connectivity index (χ4v) is 2.12. The van der Waals surface area contributed by atoms with Crippen LogP contribution >= 0.6 is 0 Å². The van der Waals surface area contributed by atoms with Crippen molar-refractivity contribution in [3.8, 4) is 17.2 Å². The number of hydrogen-bond acceptors (Lipinski definition) is 4. The van der Waals surface area contributed by atoms with Crippen molar-refractivity contribution in [2.45, 2.75) is 13.8 Å². The first-order valence-corrected chi connectivity index (χ1v) is 7.25. The number of methoxy groups -OCH3 is 2. The molecule has 23 heavy (non-hydrogen) atoms. The Morgan fingerprint density at radius 1 is 1.00 bits per heavy atom. The Morgan fingerprint density at radius 2 is 1.65 bits per heavy atom. The van der Waals surface area contributed by atoms with Crippen molar-refractivity contribution in [3.63, 3.8) is 0 Å². The highest BCUT2D eigenvalue weighted by molar-refractivity contribution is 5.93. The number of benzene rings is 2. The lowest BCUT2D eigenvalue weighted by Gasteiger charge is -2.14. The summed E-state index contributed by atoms with van der Waals surface area (Å²) in [5.41, 5.74) is 2.61. The fourth-order valence-electron chi connectivity index (χ4n) is 2.12. The van der Waals surface area contributed by atoms with Gasteiger partial charge >= 0.3 is 0 Å². The number of hydrogen-bond donors (Lipinski definition) is 1. The molecule has 0 aliphatic heterocycles. The molecule has 5 nitrogen and oxygen atoms in total. The van der Waals surface area contributed by atoms with Crippen LogP contribution in [0.15, 0.2) is 36.4 Å². The maximum Gasteiger partial charge on any atom is 0.262 e. The summed E-state index contributed by atoms with van der Waals surface area (Å²) in [5.74, 6) is 1.64. The van der Waals surface area contributed by atoms with Gasteiger partial charge in [-0.1, -0.05) is 17.7 Å². The summed E-state index contributed by atoms with van der Waals surface area (Å²) in [4.78, 5) is 12.1. The number of aryl methyl sites for hydroxylation is 2. The second-order valence-corrected chi connectivity index (χ2v) is 5.17. The van der Waals surface area contributed by atoms with Gasteiger partial charge in [-0.25, -0.2) is 0 Å². The van der Waals surface area contributed by atoms with Crippen molar-refractivity contribution in [2.75, 3.05) is 26.1 Å². The fraction of sp³-hybridized carbons (Fsp3) is 0.278. The summed E-state index contributed by atoms with van der Waals surface area (Å²) in [6.45, 7) is 3.82. The standard InChI is InChI=1S/C18H21NO4/c1-12-5-7-14(8-6-12)23-11-18(20)19-15-10-16(21-3)13(2)9-17(15)22-4/h5-10H,11H2,1-4H3,(H,19,20). The molecule has 1 N–H and O–H groups in total. The van der Waals surface area contributed by atoms with E-state index in [4.69, 9.17) is 14.2 Å². The van der Waals surface area contributed by atoms with Gasteiger partial charge in [-0.15, -0.1) is 0 Å². The summed E-state index contributed by atoms with van der Waals surface area (Å²) in [5, 5.41) is 2.78. The monoisotopic (exact) mass is 315 g/mol. The molecule has 0 aromatic heterocycles. The largest absolute Gasteiger partial charge is 0.496 e. The summed E-state index contributed by atoms with van der Waals surface area (Å²) < 4.78 is 16.0. The summed E-state index contributed by atoms with van der Waals surface area (Å²) in [7, 11) is 3.14. The van der Waals surface area contributed by atoms with Gasteiger partial charge in [0, 0.05) is 6.07 Å². The Balaban J connectivity index is 2.03. The topological polar surface area (TPSA) is 56.8 Å². The molecule has 0 unspecified atom stereocenters. The van der Waals surface area contributed by atoms with Crippen LogP contribution in [0.5, 0.6) is 17.2 Å². The number of carbonyl (C=O) groups excluding carboxylic acids is 1. The number of carbonyl (C=O) groups is 1. The van der Waals surface area contributed by atoms with Crippen molar-refractivity contribution in [2.24, 2.45) is 0 Å². The molecule has 0 fully saturated rings. The molecule has 0 bridgehead atoms. The number of anilines is 1. The van der Waals surface area contributed by atoms with Crippen molar-refractivity contribution < 1.29 is 19.0 Å². The molecule has 5 heteroatoms. The minimum Gasteiger partial charge on any atom is -0.496 e. The van der Waals surface area contributed by atoms with Crippen LogP contribution in [0.25, 0.3) is 0 Å². The Kier molecular flexibility index (Phi) is 5.46. The highest BCUT2D eigenvalue weighted by Crippen LogP contribution is 2.32. The molecule has 0 heterocycles. The molecule has 0 saturated heterocycles. The van der Waals surface area contributed by atoms with Crippen molar-refractivity contribution >= 4 is 11.6 Å². The molecular weight excluding hydrogens is 294 g/mol. The van der Waals surface area contributed by atoms with Gasteiger partial charge in [-0.05, 0) is 37.6 Å². The number of nitrogens with one attached hydrogen (secondary N) is 1. The summed E-state index contributed by atoms with van der Waals surface area (Å²) >= 11 is 0. The lowest BCUT2D eigenvalue weighted by molar-refractivity contribution is -0.118. The Labute approximate surface area is 136 Å². The minimum atomic E-state index is -0.269. The van der Waals surface area contributed by atoms with Gasteiger partial charge in [-0.3, -0.25) is 4.79 Å². The van der Waals surface area contributed by atoms with Crippen molar-refractivity contribution in [1.82, 2.24) is 0 Å². The zero-order chi connectivity index (χ0) is 16.8. The molecule has 0 spiro atoms. The quantitative estimate of drug-likeness (QED) is 0.888. The first kappa shape index (κ1) is 16.7. The van der Waals surface area contributed by atoms with Crippen molar-refractivity contribution in [3.05, 3.63) is 47.5 Å². The average Bonchev–Trinajstić information content (AvgIpc) is 2.55. The van der Waals surface area contributed by atoms with E-state index in [1.807, 2.05) is 44.2 Å². The predicted octanol–water partition coefficient (Wildman–Crippen LogP) is 3.34. The van der Waals surface area contributed by atoms with Crippen LogP contribution in [0.3, 0.4) is 0 Å². The second-order valence-electron chi connectivity index (χ2n) is 5.17. The third kappa shape index (κ3) is 4.39. The van der Waals surface area contributed by atoms with Crippen LogP contribution in [-0.4, -0.2) is 26.7 Å². The Morgan fingerprint density at radius 3 is 2.26 bits per heavy atom. The van der Waals surface area contributed by atoms with Crippen molar-refractivity contribution in [1.29, 1.82) is 0 Å². The van der Waals surface area contributed by atoms with E-state index in [1.165, 1.54) is 0 Å². The molecule has 0 radical (unpaired) electrons. The normalized spacial score (nSPS) is 10.1. The molecule has 0 aliphatic carbocycles. The predicted molar refractivity (Wildman–Crippen MR) is 89.6 cm³/mol. The van der Waals surface area contributed by atoms with E-state index in [0.29, 0.717) is 22.9 Å². The SMILES string of the molecule is COc1cc(NC(=O)COc2ccc(C)cc2)c(OC)cc1C. The van der Waals surface area contributed by atoms with Crippen LogP contribution in [0.4, 0.5) is 5.69 Å². The maximum absolute atomic E-state index is 12.1. The Bertz CT molecular complexity index is 680. The van der Waals surface area contributed by atoms with Crippen LogP contribution in [0.2, 0.25) is 0 Å². The molecule has 2 aromatic carbocycles. The number of ether oxygens (including phenoxy) is 3. The van der Waals surface area contributed by atoms with E-state index in [-0.39, 0.29) is 12.5 Å². The molecular formula is C18H21NO4. The van der Waals surface area contributed by atoms with Crippen LogP contribution in [-0.2, 0) is 4.79 Å². The minimum absolute atomic E-state index is 0.0809. The molecule has 122 valence electrons. The van der Waals surface area contributed by atoms with Gasteiger partial charge < -0.3 is 19.5 Å². The van der Waals surface area contributed by atoms with Crippen LogP contribution in [0, 0.1) is 13.8 Å². The molecule has 0 aliphatic rings. The van der Waals surface area contributed by atoms with Gasteiger partial charge in [-0.2, -0.15) is 0 Å². The van der Waals surface area contributed by atoms with E-state index < -0.39 is 0 Å². The first-order valence-electron chi connectivity index (χ1n) is 7.25. The lowest BCUT2D eigenvalue weighted by Crippen LogP contribution is -2.20. The van der Waals surface area contributed by atoms with Gasteiger partial charge in [0.05, 0.1) is 19.9 Å². The van der Waals surface area contributed by atoms with E-state index in [9.17, 15) is 4.79 Å². The third-order valence-corrected chi connectivity index (χ3v) is 3.38. The van der Waals surface area contributed by atoms with Gasteiger partial charge in [0.25, 0.3) is 5.91 Å². The smallest absolute Gasteiger partial charge is 0.262 e. The summed E-state index contributed by atoms with van der Waals surface area (Å²) in [6.07, 6.45) is 0. The molecule has 1 amide bonds. The zero-order valence-corrected chi connectivity index (χ0v) is 13.8. The van der Waals surface area contributed by atoms with Gasteiger partial charge in [0.2, 0.25) is 0 Å². The van der Waals surface area contributed by atoms with Crippen LogP contribution < -0.4 is 19.5 Å². The summed E-state index contributed by atoms with van der Waals surface area (Å²) in [6, 6.07) is 11.1. The number of rotatable bonds is 6. The highest BCUT2D eigenvalue weighted by Gasteiger charge is 2.12. The zero-order valence-electron chi connectivity index (χ0n) is 13.8. The molecule has 0 saturated carbocycles. The number of amides is 1. The van der Waals surface area contributed by atoms with E-state index in [0.717, 1.165) is 11.1 Å². The maximum atomic E-state index is 12.1. The first-order chi connectivity index (χ1) is 11.0. The lowest BCUT2D eigenvalue weighted by atomic mass is 10.2. The van der Waals surface area contributed by atoms with E-state index in [1.54, 1.807) is 20.3 Å². The molecule has 2 aromatic rings.